The van der Waals surface area contributed by atoms with E-state index in [0.717, 1.165) is 0 Å². The summed E-state index contributed by atoms with van der Waals surface area (Å²) in [5.41, 5.74) is 6.33. The average molecular weight is 260 g/mol. The number of benzene rings is 1. The van der Waals surface area contributed by atoms with E-state index in [2.05, 4.69) is 4.98 Å². The molecule has 19 heavy (non-hydrogen) atoms. The van der Waals surface area contributed by atoms with Gasteiger partial charge in [0.1, 0.15) is 0 Å². The number of hydrogen-bond acceptors (Lipinski definition) is 5. The molecule has 2 aromatic rings. The van der Waals surface area contributed by atoms with Gasteiger partial charge < -0.3 is 19.9 Å². The maximum Gasteiger partial charge on any atom is 0.262 e. The maximum absolute atomic E-state index is 5.75. The molecule has 0 radical (unpaired) electrons. The van der Waals surface area contributed by atoms with Gasteiger partial charge in [0.15, 0.2) is 17.2 Å². The molecule has 0 bridgehead atoms. The van der Waals surface area contributed by atoms with Gasteiger partial charge >= 0.3 is 0 Å². The fraction of sp³-hybridized carbons (Fsp3) is 0.214. The Bertz CT molecular complexity index is 558. The Kier molecular flexibility index (Phi) is 4.07. The van der Waals surface area contributed by atoms with Crippen molar-refractivity contribution in [2.45, 2.75) is 6.92 Å². The van der Waals surface area contributed by atoms with Gasteiger partial charge in [0.25, 0.3) is 5.88 Å². The third-order valence-electron chi connectivity index (χ3n) is 2.43. The smallest absolute Gasteiger partial charge is 0.262 e. The highest BCUT2D eigenvalue weighted by molar-refractivity contribution is 5.53. The zero-order valence-electron chi connectivity index (χ0n) is 10.9. The summed E-state index contributed by atoms with van der Waals surface area (Å²) in [5.74, 6) is 2.05. The van der Waals surface area contributed by atoms with Crippen LogP contribution in [0.2, 0.25) is 0 Å². The van der Waals surface area contributed by atoms with Crippen LogP contribution in [-0.4, -0.2) is 18.7 Å². The van der Waals surface area contributed by atoms with Crippen molar-refractivity contribution in [3.05, 3.63) is 36.5 Å². The summed E-state index contributed by atoms with van der Waals surface area (Å²) < 4.78 is 16.4. The molecule has 0 atom stereocenters. The molecule has 1 aromatic heterocycles. The average Bonchev–Trinajstić information content (AvgIpc) is 2.42. The van der Waals surface area contributed by atoms with Crippen molar-refractivity contribution in [2.24, 2.45) is 0 Å². The summed E-state index contributed by atoms with van der Waals surface area (Å²) in [6.07, 6.45) is 1.64. The second-order valence-electron chi connectivity index (χ2n) is 3.75. The number of ether oxygens (including phenoxy) is 3. The van der Waals surface area contributed by atoms with E-state index in [1.165, 1.54) is 0 Å². The maximum atomic E-state index is 5.75. The van der Waals surface area contributed by atoms with E-state index in [9.17, 15) is 0 Å². The van der Waals surface area contributed by atoms with Crippen LogP contribution >= 0.6 is 0 Å². The number of methoxy groups -OCH3 is 1. The highest BCUT2D eigenvalue weighted by Gasteiger charge is 2.11. The number of hydrogen-bond donors (Lipinski definition) is 1. The van der Waals surface area contributed by atoms with Crippen LogP contribution in [0, 0.1) is 0 Å². The Morgan fingerprint density at radius 2 is 2.00 bits per heavy atom. The molecule has 0 spiro atoms. The van der Waals surface area contributed by atoms with Crippen molar-refractivity contribution in [1.29, 1.82) is 0 Å². The van der Waals surface area contributed by atoms with E-state index in [1.807, 2.05) is 6.92 Å². The predicted molar refractivity (Wildman–Crippen MR) is 72.9 cm³/mol. The molecular formula is C14H16N2O3. The Morgan fingerprint density at radius 3 is 2.74 bits per heavy atom. The van der Waals surface area contributed by atoms with Gasteiger partial charge in [0.05, 0.1) is 13.7 Å². The zero-order chi connectivity index (χ0) is 13.7. The van der Waals surface area contributed by atoms with E-state index in [1.54, 1.807) is 43.6 Å². The first kappa shape index (κ1) is 13.0. The molecule has 0 saturated heterocycles. The van der Waals surface area contributed by atoms with Crippen molar-refractivity contribution in [1.82, 2.24) is 4.98 Å². The third kappa shape index (κ3) is 3.07. The normalized spacial score (nSPS) is 10.0. The van der Waals surface area contributed by atoms with Crippen LogP contribution in [0.25, 0.3) is 0 Å². The fourth-order valence-corrected chi connectivity index (χ4v) is 1.60. The molecule has 2 rings (SSSR count). The van der Waals surface area contributed by atoms with Crippen molar-refractivity contribution in [3.8, 4) is 23.1 Å². The standard InChI is InChI=1S/C14H16N2O3/c1-3-18-12-5-4-8-16-14(12)19-13-9-10(15)6-7-11(13)17-2/h4-9H,3,15H2,1-2H3. The van der Waals surface area contributed by atoms with Crippen LogP contribution in [0.3, 0.4) is 0 Å². The molecule has 5 nitrogen and oxygen atoms in total. The monoisotopic (exact) mass is 260 g/mol. The quantitative estimate of drug-likeness (QED) is 0.837. The summed E-state index contributed by atoms with van der Waals surface area (Å²) in [4.78, 5) is 4.15. The van der Waals surface area contributed by atoms with Crippen LogP contribution in [0.1, 0.15) is 6.92 Å². The molecule has 2 N–H and O–H groups in total. The van der Waals surface area contributed by atoms with E-state index >= 15 is 0 Å². The van der Waals surface area contributed by atoms with Crippen molar-refractivity contribution < 1.29 is 14.2 Å². The number of rotatable bonds is 5. The number of nitrogen functional groups attached to an aromatic ring is 1. The van der Waals surface area contributed by atoms with E-state index < -0.39 is 0 Å². The molecule has 100 valence electrons. The summed E-state index contributed by atoms with van der Waals surface area (Å²) in [7, 11) is 1.57. The molecule has 0 saturated carbocycles. The minimum absolute atomic E-state index is 0.383. The second kappa shape index (κ2) is 5.95. The zero-order valence-corrected chi connectivity index (χ0v) is 10.9. The van der Waals surface area contributed by atoms with Crippen LogP contribution in [-0.2, 0) is 0 Å². The third-order valence-corrected chi connectivity index (χ3v) is 2.43. The lowest BCUT2D eigenvalue weighted by Crippen LogP contribution is -1.98. The Balaban J connectivity index is 2.33. The summed E-state index contributed by atoms with van der Waals surface area (Å²) in [5, 5.41) is 0. The SMILES string of the molecule is CCOc1cccnc1Oc1cc(N)ccc1OC. The molecule has 1 aromatic carbocycles. The van der Waals surface area contributed by atoms with Gasteiger partial charge in [-0.1, -0.05) is 0 Å². The van der Waals surface area contributed by atoms with Crippen molar-refractivity contribution in [2.75, 3.05) is 19.5 Å². The van der Waals surface area contributed by atoms with Gasteiger partial charge in [0, 0.05) is 18.0 Å². The number of pyridine rings is 1. The number of nitrogens with two attached hydrogens (primary N) is 1. The lowest BCUT2D eigenvalue weighted by molar-refractivity contribution is 0.311. The van der Waals surface area contributed by atoms with Gasteiger partial charge in [-0.3, -0.25) is 0 Å². The molecule has 5 heteroatoms. The first-order valence-corrected chi connectivity index (χ1v) is 5.93. The molecule has 0 aliphatic heterocycles. The second-order valence-corrected chi connectivity index (χ2v) is 3.75. The first-order chi connectivity index (χ1) is 9.24. The van der Waals surface area contributed by atoms with Crippen LogP contribution in [0.5, 0.6) is 23.1 Å². The highest BCUT2D eigenvalue weighted by Crippen LogP contribution is 2.35. The molecule has 1 heterocycles. The van der Waals surface area contributed by atoms with Crippen molar-refractivity contribution >= 4 is 5.69 Å². The lowest BCUT2D eigenvalue weighted by atomic mass is 10.3. The van der Waals surface area contributed by atoms with Gasteiger partial charge in [-0.05, 0) is 31.2 Å². The fourth-order valence-electron chi connectivity index (χ4n) is 1.60. The Morgan fingerprint density at radius 1 is 1.16 bits per heavy atom. The van der Waals surface area contributed by atoms with E-state index in [4.69, 9.17) is 19.9 Å². The van der Waals surface area contributed by atoms with E-state index in [0.29, 0.717) is 35.4 Å². The van der Waals surface area contributed by atoms with Crippen LogP contribution in [0.15, 0.2) is 36.5 Å². The first-order valence-electron chi connectivity index (χ1n) is 5.93. The molecule has 0 fully saturated rings. The molecular weight excluding hydrogens is 244 g/mol. The van der Waals surface area contributed by atoms with Gasteiger partial charge in [-0.15, -0.1) is 0 Å². The number of aromatic nitrogens is 1. The molecule has 0 aliphatic carbocycles. The number of anilines is 1. The Hall–Kier alpha value is -2.43. The van der Waals surface area contributed by atoms with Crippen LogP contribution < -0.4 is 19.9 Å². The number of nitrogens with zero attached hydrogens (tertiary/aromatic N) is 1. The molecule has 0 aliphatic rings. The summed E-state index contributed by atoms with van der Waals surface area (Å²) in [6.45, 7) is 2.44. The minimum atomic E-state index is 0.383. The molecule has 0 amide bonds. The largest absolute Gasteiger partial charge is 0.493 e. The van der Waals surface area contributed by atoms with Gasteiger partial charge in [-0.25, -0.2) is 4.98 Å². The van der Waals surface area contributed by atoms with E-state index in [-0.39, 0.29) is 0 Å². The van der Waals surface area contributed by atoms with Gasteiger partial charge in [0.2, 0.25) is 0 Å². The summed E-state index contributed by atoms with van der Waals surface area (Å²) >= 11 is 0. The minimum Gasteiger partial charge on any atom is -0.493 e. The Labute approximate surface area is 111 Å². The van der Waals surface area contributed by atoms with Crippen LogP contribution in [0.4, 0.5) is 5.69 Å². The van der Waals surface area contributed by atoms with Crippen molar-refractivity contribution in [3.63, 3.8) is 0 Å². The van der Waals surface area contributed by atoms with Gasteiger partial charge in [-0.2, -0.15) is 0 Å². The predicted octanol–water partition coefficient (Wildman–Crippen LogP) is 2.86. The molecule has 0 unspecified atom stereocenters. The highest BCUT2D eigenvalue weighted by atomic mass is 16.5. The topological polar surface area (TPSA) is 66.6 Å². The summed E-state index contributed by atoms with van der Waals surface area (Å²) in [6, 6.07) is 8.75. The lowest BCUT2D eigenvalue weighted by Gasteiger charge is -2.12.